The van der Waals surface area contributed by atoms with Gasteiger partial charge in [0.2, 0.25) is 0 Å². The van der Waals surface area contributed by atoms with Crippen LogP contribution in [-0.4, -0.2) is 41.6 Å². The molecule has 0 aromatic carbocycles. The Morgan fingerprint density at radius 1 is 1.35 bits per heavy atom. The Morgan fingerprint density at radius 3 is 2.85 bits per heavy atom. The van der Waals surface area contributed by atoms with Crippen LogP contribution in [0.2, 0.25) is 0 Å². The van der Waals surface area contributed by atoms with Crippen LogP contribution in [0.4, 0.5) is 5.82 Å². The third kappa shape index (κ3) is 2.92. The monoisotopic (exact) mass is 277 g/mol. The van der Waals surface area contributed by atoms with Crippen LogP contribution in [0.1, 0.15) is 49.2 Å². The number of rotatable bonds is 3. The number of nitrogens with zero attached hydrogens (tertiary/aromatic N) is 3. The summed E-state index contributed by atoms with van der Waals surface area (Å²) >= 11 is 0. The number of hydrazine groups is 1. The van der Waals surface area contributed by atoms with E-state index in [1.165, 1.54) is 25.7 Å². The van der Waals surface area contributed by atoms with E-state index in [1.54, 1.807) is 0 Å². The summed E-state index contributed by atoms with van der Waals surface area (Å²) in [4.78, 5) is 11.5. The van der Waals surface area contributed by atoms with Crippen molar-refractivity contribution >= 4 is 5.82 Å². The minimum atomic E-state index is -0.0535. The van der Waals surface area contributed by atoms with Gasteiger partial charge in [0.1, 0.15) is 11.9 Å². The molecule has 1 unspecified atom stereocenters. The predicted octanol–water partition coefficient (Wildman–Crippen LogP) is 1.42. The van der Waals surface area contributed by atoms with E-state index < -0.39 is 0 Å². The minimum Gasteiger partial charge on any atom is -0.368 e. The number of nitrogens with one attached hydrogen (secondary N) is 1. The fourth-order valence-electron chi connectivity index (χ4n) is 3.07. The van der Waals surface area contributed by atoms with Crippen molar-refractivity contribution in [3.8, 4) is 0 Å². The largest absolute Gasteiger partial charge is 0.368 e. The third-order valence-electron chi connectivity index (χ3n) is 4.24. The number of anilines is 1. The third-order valence-corrected chi connectivity index (χ3v) is 4.24. The normalized spacial score (nSPS) is 25.0. The second-order valence-electron chi connectivity index (χ2n) is 5.78. The fraction of sp³-hybridized carbons (Fsp3) is 0.714. The van der Waals surface area contributed by atoms with Crippen molar-refractivity contribution in [1.82, 2.24) is 14.9 Å². The Balaban J connectivity index is 1.87. The van der Waals surface area contributed by atoms with E-state index in [9.17, 15) is 0 Å². The van der Waals surface area contributed by atoms with Gasteiger partial charge in [-0.3, -0.25) is 0 Å². The van der Waals surface area contributed by atoms with Gasteiger partial charge in [0.05, 0.1) is 6.61 Å². The van der Waals surface area contributed by atoms with Crippen LogP contribution >= 0.6 is 0 Å². The maximum atomic E-state index is 5.82. The number of hydrogen-bond acceptors (Lipinski definition) is 6. The summed E-state index contributed by atoms with van der Waals surface area (Å²) in [6, 6.07) is 1.98. The first-order chi connectivity index (χ1) is 9.76. The molecule has 6 nitrogen and oxygen atoms in total. The standard InChI is InChI=1S/C14H23N5O/c1-19-6-7-20-12(9-19)14-16-11(8-13(17-14)18-15)10-4-2-3-5-10/h8,10,12H,2-7,9,15H2,1H3,(H,16,17,18). The van der Waals surface area contributed by atoms with Gasteiger partial charge in [-0.2, -0.15) is 0 Å². The Labute approximate surface area is 119 Å². The highest BCUT2D eigenvalue weighted by Gasteiger charge is 2.25. The lowest BCUT2D eigenvalue weighted by Crippen LogP contribution is -2.36. The van der Waals surface area contributed by atoms with E-state index in [1.807, 2.05) is 6.07 Å². The number of nitrogens with two attached hydrogens (primary N) is 1. The maximum absolute atomic E-state index is 5.82. The number of likely N-dealkylation sites (N-methyl/N-ethyl adjacent to an activating group) is 1. The van der Waals surface area contributed by atoms with Crippen molar-refractivity contribution in [2.24, 2.45) is 5.84 Å². The lowest BCUT2D eigenvalue weighted by Gasteiger charge is -2.29. The van der Waals surface area contributed by atoms with Gasteiger partial charge < -0.3 is 15.1 Å². The van der Waals surface area contributed by atoms with Crippen molar-refractivity contribution in [1.29, 1.82) is 0 Å². The topological polar surface area (TPSA) is 76.3 Å². The molecule has 0 amide bonds. The summed E-state index contributed by atoms with van der Waals surface area (Å²) in [6.45, 7) is 2.52. The highest BCUT2D eigenvalue weighted by Crippen LogP contribution is 2.34. The molecule has 0 radical (unpaired) electrons. The molecule has 6 heteroatoms. The van der Waals surface area contributed by atoms with Crippen LogP contribution in [0.3, 0.4) is 0 Å². The molecule has 0 spiro atoms. The first-order valence-electron chi connectivity index (χ1n) is 7.42. The molecule has 1 aliphatic carbocycles. The summed E-state index contributed by atoms with van der Waals surface area (Å²) in [5, 5.41) is 0. The van der Waals surface area contributed by atoms with E-state index in [4.69, 9.17) is 15.6 Å². The smallest absolute Gasteiger partial charge is 0.161 e. The highest BCUT2D eigenvalue weighted by atomic mass is 16.5. The maximum Gasteiger partial charge on any atom is 0.161 e. The second-order valence-corrected chi connectivity index (χ2v) is 5.78. The summed E-state index contributed by atoms with van der Waals surface area (Å²) < 4.78 is 5.82. The molecule has 2 fully saturated rings. The Bertz CT molecular complexity index is 461. The van der Waals surface area contributed by atoms with Crippen LogP contribution < -0.4 is 11.3 Å². The van der Waals surface area contributed by atoms with Gasteiger partial charge in [0.15, 0.2) is 5.82 Å². The number of morpholine rings is 1. The van der Waals surface area contributed by atoms with Gasteiger partial charge in [-0.1, -0.05) is 12.8 Å². The molecule has 2 heterocycles. The minimum absolute atomic E-state index is 0.0535. The van der Waals surface area contributed by atoms with Gasteiger partial charge >= 0.3 is 0 Å². The van der Waals surface area contributed by atoms with E-state index in [2.05, 4.69) is 22.4 Å². The van der Waals surface area contributed by atoms with Gasteiger partial charge in [-0.25, -0.2) is 15.8 Å². The summed E-state index contributed by atoms with van der Waals surface area (Å²) in [7, 11) is 2.10. The zero-order valence-corrected chi connectivity index (χ0v) is 12.0. The van der Waals surface area contributed by atoms with Gasteiger partial charge in [-0.15, -0.1) is 0 Å². The lowest BCUT2D eigenvalue weighted by atomic mass is 10.0. The molecule has 1 saturated heterocycles. The SMILES string of the molecule is CN1CCOC(c2nc(NN)cc(C3CCCC3)n2)C1. The molecule has 3 rings (SSSR count). The summed E-state index contributed by atoms with van der Waals surface area (Å²) in [6.07, 6.45) is 4.95. The molecule has 110 valence electrons. The quantitative estimate of drug-likeness (QED) is 0.643. The van der Waals surface area contributed by atoms with E-state index in [0.717, 1.165) is 31.2 Å². The number of aromatic nitrogens is 2. The van der Waals surface area contributed by atoms with Gasteiger partial charge in [-0.05, 0) is 19.9 Å². The summed E-state index contributed by atoms with van der Waals surface area (Å²) in [5.41, 5.74) is 3.77. The molecular formula is C14H23N5O. The summed E-state index contributed by atoms with van der Waals surface area (Å²) in [5.74, 6) is 7.54. The molecule has 1 saturated carbocycles. The first kappa shape index (κ1) is 13.7. The van der Waals surface area contributed by atoms with Crippen LogP contribution in [0.15, 0.2) is 6.07 Å². The van der Waals surface area contributed by atoms with Crippen molar-refractivity contribution in [2.75, 3.05) is 32.2 Å². The predicted molar refractivity (Wildman–Crippen MR) is 77.2 cm³/mol. The van der Waals surface area contributed by atoms with E-state index in [0.29, 0.717) is 11.7 Å². The first-order valence-corrected chi connectivity index (χ1v) is 7.42. The Morgan fingerprint density at radius 2 is 2.15 bits per heavy atom. The van der Waals surface area contributed by atoms with E-state index >= 15 is 0 Å². The molecule has 1 atom stereocenters. The molecule has 3 N–H and O–H groups in total. The number of ether oxygens (including phenoxy) is 1. The van der Waals surface area contributed by atoms with Gasteiger partial charge in [0, 0.05) is 30.8 Å². The molecule has 1 aromatic rings. The molecule has 0 bridgehead atoms. The van der Waals surface area contributed by atoms with E-state index in [-0.39, 0.29) is 6.10 Å². The molecule has 20 heavy (non-hydrogen) atoms. The zero-order chi connectivity index (χ0) is 13.9. The van der Waals surface area contributed by atoms with Crippen molar-refractivity contribution in [3.63, 3.8) is 0 Å². The second kappa shape index (κ2) is 6.03. The fourth-order valence-corrected chi connectivity index (χ4v) is 3.07. The number of nitrogen functional groups attached to an aromatic ring is 1. The van der Waals surface area contributed by atoms with Crippen LogP contribution in [-0.2, 0) is 4.74 Å². The van der Waals surface area contributed by atoms with Gasteiger partial charge in [0.25, 0.3) is 0 Å². The molecular weight excluding hydrogens is 254 g/mol. The van der Waals surface area contributed by atoms with Crippen molar-refractivity contribution < 1.29 is 4.74 Å². The van der Waals surface area contributed by atoms with Crippen LogP contribution in [0.5, 0.6) is 0 Å². The average molecular weight is 277 g/mol. The van der Waals surface area contributed by atoms with Crippen LogP contribution in [0, 0.1) is 0 Å². The average Bonchev–Trinajstić information content (AvgIpc) is 3.01. The molecule has 1 aliphatic heterocycles. The highest BCUT2D eigenvalue weighted by molar-refractivity contribution is 5.36. The Hall–Kier alpha value is -1.24. The van der Waals surface area contributed by atoms with Crippen molar-refractivity contribution in [3.05, 3.63) is 17.6 Å². The Kier molecular flexibility index (Phi) is 4.14. The number of hydrogen-bond donors (Lipinski definition) is 2. The van der Waals surface area contributed by atoms with Crippen molar-refractivity contribution in [2.45, 2.75) is 37.7 Å². The molecule has 1 aromatic heterocycles. The lowest BCUT2D eigenvalue weighted by molar-refractivity contribution is -0.0255. The zero-order valence-electron chi connectivity index (χ0n) is 12.0. The molecule has 2 aliphatic rings. The van der Waals surface area contributed by atoms with Crippen LogP contribution in [0.25, 0.3) is 0 Å².